The predicted molar refractivity (Wildman–Crippen MR) is 66.9 cm³/mol. The van der Waals surface area contributed by atoms with Crippen LogP contribution in [0.1, 0.15) is 5.76 Å². The van der Waals surface area contributed by atoms with E-state index in [9.17, 15) is 4.79 Å². The van der Waals surface area contributed by atoms with E-state index in [1.807, 2.05) is 17.0 Å². The summed E-state index contributed by atoms with van der Waals surface area (Å²) in [5, 5.41) is 3.15. The van der Waals surface area contributed by atoms with Crippen molar-refractivity contribution in [2.45, 2.75) is 6.54 Å². The van der Waals surface area contributed by atoms with E-state index in [2.05, 4.69) is 10.2 Å². The van der Waals surface area contributed by atoms with E-state index in [1.165, 1.54) is 0 Å². The van der Waals surface area contributed by atoms with E-state index in [-0.39, 0.29) is 5.92 Å². The van der Waals surface area contributed by atoms with E-state index in [0.29, 0.717) is 5.91 Å². The van der Waals surface area contributed by atoms with Crippen LogP contribution in [-0.2, 0) is 11.3 Å². The number of hydrogen-bond donors (Lipinski definition) is 1. The van der Waals surface area contributed by atoms with Gasteiger partial charge in [0.2, 0.25) is 5.91 Å². The van der Waals surface area contributed by atoms with Crippen LogP contribution in [0.2, 0.25) is 0 Å². The number of carbonyl (C=O) groups excluding carboxylic acids is 1. The molecule has 0 spiro atoms. The van der Waals surface area contributed by atoms with Crippen molar-refractivity contribution in [3.63, 3.8) is 0 Å². The zero-order valence-electron chi connectivity index (χ0n) is 10.5. The Morgan fingerprint density at radius 3 is 2.67 bits per heavy atom. The average Bonchev–Trinajstić information content (AvgIpc) is 2.80. The number of furan rings is 1. The van der Waals surface area contributed by atoms with Crippen LogP contribution < -0.4 is 5.32 Å². The summed E-state index contributed by atoms with van der Waals surface area (Å²) in [5.41, 5.74) is 0. The van der Waals surface area contributed by atoms with Crippen LogP contribution >= 0.6 is 0 Å². The van der Waals surface area contributed by atoms with Gasteiger partial charge in [-0.25, -0.2) is 0 Å². The molecule has 0 unspecified atom stereocenters. The molecule has 0 saturated carbocycles. The third-order valence-electron chi connectivity index (χ3n) is 3.77. The summed E-state index contributed by atoms with van der Waals surface area (Å²) in [4.78, 5) is 16.4. The Kier molecular flexibility index (Phi) is 3.34. The number of amides is 1. The van der Waals surface area contributed by atoms with Gasteiger partial charge in [-0.1, -0.05) is 0 Å². The fourth-order valence-corrected chi connectivity index (χ4v) is 2.47. The van der Waals surface area contributed by atoms with Gasteiger partial charge >= 0.3 is 0 Å². The van der Waals surface area contributed by atoms with E-state index in [1.54, 1.807) is 6.26 Å². The van der Waals surface area contributed by atoms with Crippen LogP contribution in [0.3, 0.4) is 0 Å². The van der Waals surface area contributed by atoms with Crippen molar-refractivity contribution in [2.24, 2.45) is 5.92 Å². The molecule has 2 saturated heterocycles. The Morgan fingerprint density at radius 2 is 2.11 bits per heavy atom. The summed E-state index contributed by atoms with van der Waals surface area (Å²) in [7, 11) is 0. The second-order valence-corrected chi connectivity index (χ2v) is 5.04. The van der Waals surface area contributed by atoms with Gasteiger partial charge < -0.3 is 14.6 Å². The number of piperazine rings is 1. The van der Waals surface area contributed by atoms with Gasteiger partial charge in [-0.15, -0.1) is 0 Å². The maximum absolute atomic E-state index is 12.1. The molecule has 5 nitrogen and oxygen atoms in total. The second-order valence-electron chi connectivity index (χ2n) is 5.04. The van der Waals surface area contributed by atoms with Gasteiger partial charge in [0.1, 0.15) is 5.76 Å². The zero-order chi connectivity index (χ0) is 12.4. The number of rotatable bonds is 3. The highest BCUT2D eigenvalue weighted by atomic mass is 16.3. The van der Waals surface area contributed by atoms with Crippen LogP contribution in [0.15, 0.2) is 22.8 Å². The van der Waals surface area contributed by atoms with Crippen LogP contribution in [-0.4, -0.2) is 55.0 Å². The lowest BCUT2D eigenvalue weighted by atomic mass is 10.0. The quantitative estimate of drug-likeness (QED) is 0.828. The molecule has 18 heavy (non-hydrogen) atoms. The molecule has 1 amide bonds. The minimum Gasteiger partial charge on any atom is -0.468 e. The fraction of sp³-hybridized carbons (Fsp3) is 0.615. The molecular formula is C13H19N3O2. The van der Waals surface area contributed by atoms with Gasteiger partial charge in [-0.05, 0) is 12.1 Å². The number of nitrogens with one attached hydrogen (secondary N) is 1. The van der Waals surface area contributed by atoms with Crippen LogP contribution in [0, 0.1) is 5.92 Å². The average molecular weight is 249 g/mol. The molecule has 2 aliphatic heterocycles. The topological polar surface area (TPSA) is 48.7 Å². The lowest BCUT2D eigenvalue weighted by molar-refractivity contribution is -0.138. The predicted octanol–water partition coefficient (Wildman–Crippen LogP) is 0.143. The summed E-state index contributed by atoms with van der Waals surface area (Å²) in [5.74, 6) is 1.55. The first-order valence-corrected chi connectivity index (χ1v) is 6.57. The van der Waals surface area contributed by atoms with Gasteiger partial charge in [-0.2, -0.15) is 0 Å². The molecule has 2 aliphatic rings. The minimum absolute atomic E-state index is 0.224. The van der Waals surface area contributed by atoms with Crippen molar-refractivity contribution >= 4 is 5.91 Å². The molecule has 0 bridgehead atoms. The number of carbonyl (C=O) groups is 1. The van der Waals surface area contributed by atoms with Crippen LogP contribution in [0.4, 0.5) is 0 Å². The Hall–Kier alpha value is -1.33. The molecule has 1 aromatic heterocycles. The van der Waals surface area contributed by atoms with Crippen LogP contribution in [0.5, 0.6) is 0 Å². The standard InChI is InChI=1S/C13H19N3O2/c17-13(11-8-14-9-11)16-5-3-15(4-6-16)10-12-2-1-7-18-12/h1-2,7,11,14H,3-6,8-10H2. The molecule has 3 heterocycles. The minimum atomic E-state index is 0.224. The van der Waals surface area contributed by atoms with E-state index >= 15 is 0 Å². The lowest BCUT2D eigenvalue weighted by Crippen LogP contribution is -2.56. The first kappa shape index (κ1) is 11.7. The Bertz CT molecular complexity index is 392. The fourth-order valence-electron chi connectivity index (χ4n) is 2.47. The van der Waals surface area contributed by atoms with E-state index < -0.39 is 0 Å². The highest BCUT2D eigenvalue weighted by Crippen LogP contribution is 2.13. The molecule has 0 atom stereocenters. The lowest BCUT2D eigenvalue weighted by Gasteiger charge is -2.38. The number of nitrogens with zero attached hydrogens (tertiary/aromatic N) is 2. The molecule has 0 aromatic carbocycles. The monoisotopic (exact) mass is 249 g/mol. The Balaban J connectivity index is 1.47. The molecule has 98 valence electrons. The molecule has 0 radical (unpaired) electrons. The van der Waals surface area contributed by atoms with Crippen molar-refractivity contribution in [3.05, 3.63) is 24.2 Å². The van der Waals surface area contributed by atoms with Crippen LogP contribution in [0.25, 0.3) is 0 Å². The normalized spacial score (nSPS) is 21.9. The second kappa shape index (κ2) is 5.12. The highest BCUT2D eigenvalue weighted by Gasteiger charge is 2.31. The molecule has 1 N–H and O–H groups in total. The number of hydrogen-bond acceptors (Lipinski definition) is 4. The van der Waals surface area contributed by atoms with Crippen molar-refractivity contribution in [3.8, 4) is 0 Å². The first-order valence-electron chi connectivity index (χ1n) is 6.57. The van der Waals surface area contributed by atoms with Gasteiger partial charge in [-0.3, -0.25) is 9.69 Å². The Morgan fingerprint density at radius 1 is 1.33 bits per heavy atom. The Labute approximate surface area is 107 Å². The van der Waals surface area contributed by atoms with Gasteiger partial charge in [0.25, 0.3) is 0 Å². The summed E-state index contributed by atoms with van der Waals surface area (Å²) in [6, 6.07) is 3.91. The van der Waals surface area contributed by atoms with Gasteiger partial charge in [0.15, 0.2) is 0 Å². The SMILES string of the molecule is O=C(C1CNC1)N1CCN(Cc2ccco2)CC1. The molecule has 2 fully saturated rings. The third kappa shape index (κ3) is 2.42. The molecule has 0 aliphatic carbocycles. The van der Waals surface area contributed by atoms with E-state index in [0.717, 1.165) is 51.6 Å². The molecular weight excluding hydrogens is 230 g/mol. The van der Waals surface area contributed by atoms with Crippen molar-refractivity contribution in [1.82, 2.24) is 15.1 Å². The third-order valence-corrected chi connectivity index (χ3v) is 3.77. The van der Waals surface area contributed by atoms with Crippen molar-refractivity contribution in [1.29, 1.82) is 0 Å². The molecule has 1 aromatic rings. The maximum atomic E-state index is 12.1. The first-order chi connectivity index (χ1) is 8.83. The smallest absolute Gasteiger partial charge is 0.228 e. The zero-order valence-corrected chi connectivity index (χ0v) is 10.5. The largest absolute Gasteiger partial charge is 0.468 e. The van der Waals surface area contributed by atoms with E-state index in [4.69, 9.17) is 4.42 Å². The van der Waals surface area contributed by atoms with Gasteiger partial charge in [0, 0.05) is 39.3 Å². The van der Waals surface area contributed by atoms with Gasteiger partial charge in [0.05, 0.1) is 18.7 Å². The molecule has 5 heteroatoms. The summed E-state index contributed by atoms with van der Waals surface area (Å²) >= 11 is 0. The summed E-state index contributed by atoms with van der Waals surface area (Å²) in [6.45, 7) is 6.11. The summed E-state index contributed by atoms with van der Waals surface area (Å²) < 4.78 is 5.34. The highest BCUT2D eigenvalue weighted by molar-refractivity contribution is 5.80. The maximum Gasteiger partial charge on any atom is 0.228 e. The summed E-state index contributed by atoms with van der Waals surface area (Å²) in [6.07, 6.45) is 1.71. The van der Waals surface area contributed by atoms with Crippen molar-refractivity contribution in [2.75, 3.05) is 39.3 Å². The van der Waals surface area contributed by atoms with Crippen molar-refractivity contribution < 1.29 is 9.21 Å². The molecule has 3 rings (SSSR count).